The van der Waals surface area contributed by atoms with E-state index in [4.69, 9.17) is 11.6 Å². The van der Waals surface area contributed by atoms with Gasteiger partial charge in [0, 0.05) is 24.6 Å². The summed E-state index contributed by atoms with van der Waals surface area (Å²) in [6.07, 6.45) is 1.57. The van der Waals surface area contributed by atoms with E-state index in [0.29, 0.717) is 5.02 Å². The molecular formula is C15H14ClN3O3. The van der Waals surface area contributed by atoms with Crippen molar-refractivity contribution in [3.8, 4) is 0 Å². The molecule has 1 aliphatic rings. The first-order valence-corrected chi connectivity index (χ1v) is 7.16. The molecule has 2 amide bonds. The second-order valence-electron chi connectivity index (χ2n) is 5.17. The molecule has 0 radical (unpaired) electrons. The third-order valence-electron chi connectivity index (χ3n) is 3.78. The predicted octanol–water partition coefficient (Wildman–Crippen LogP) is 2.03. The van der Waals surface area contributed by atoms with Crippen LogP contribution in [0.3, 0.4) is 0 Å². The van der Waals surface area contributed by atoms with Crippen molar-refractivity contribution in [3.05, 3.63) is 52.9 Å². The van der Waals surface area contributed by atoms with Crippen LogP contribution < -0.4 is 5.32 Å². The Morgan fingerprint density at radius 2 is 2.09 bits per heavy atom. The summed E-state index contributed by atoms with van der Waals surface area (Å²) >= 11 is 5.90. The molecule has 1 fully saturated rings. The lowest BCUT2D eigenvalue weighted by molar-refractivity contribution is -0.127. The number of amides is 2. The summed E-state index contributed by atoms with van der Waals surface area (Å²) in [6, 6.07) is 8.17. The maximum absolute atomic E-state index is 12.1. The maximum atomic E-state index is 12.1. The minimum absolute atomic E-state index is 0.0228. The van der Waals surface area contributed by atoms with Crippen LogP contribution in [0.15, 0.2) is 41.1 Å². The van der Waals surface area contributed by atoms with Gasteiger partial charge in [-0.25, -0.2) is 0 Å². The molecule has 1 aliphatic heterocycles. The fourth-order valence-corrected chi connectivity index (χ4v) is 2.81. The second kappa shape index (κ2) is 5.81. The SMILES string of the molecule is CN1C(=O)C[C@H](NC(=O)c2ccon2)[C@H]1c1ccc(Cl)cc1. The Kier molecular flexibility index (Phi) is 3.85. The Morgan fingerprint density at radius 1 is 1.36 bits per heavy atom. The van der Waals surface area contributed by atoms with Crippen molar-refractivity contribution in [2.24, 2.45) is 0 Å². The molecule has 1 saturated heterocycles. The average molecular weight is 320 g/mol. The number of halogens is 1. The van der Waals surface area contributed by atoms with E-state index in [9.17, 15) is 9.59 Å². The zero-order valence-corrected chi connectivity index (χ0v) is 12.6. The molecule has 6 nitrogen and oxygen atoms in total. The fraction of sp³-hybridized carbons (Fsp3) is 0.267. The number of aromatic nitrogens is 1. The van der Waals surface area contributed by atoms with Crippen LogP contribution in [0.25, 0.3) is 0 Å². The number of carbonyl (C=O) groups excluding carboxylic acids is 2. The summed E-state index contributed by atoms with van der Waals surface area (Å²) in [5.41, 5.74) is 1.11. The number of likely N-dealkylation sites (N-methyl/N-ethyl adjacent to an activating group) is 1. The molecule has 114 valence electrons. The molecule has 2 atom stereocenters. The molecule has 0 unspecified atom stereocenters. The molecule has 0 bridgehead atoms. The van der Waals surface area contributed by atoms with Crippen molar-refractivity contribution < 1.29 is 14.1 Å². The van der Waals surface area contributed by atoms with Gasteiger partial charge in [0.2, 0.25) is 5.91 Å². The van der Waals surface area contributed by atoms with Gasteiger partial charge in [0.05, 0.1) is 12.1 Å². The highest BCUT2D eigenvalue weighted by Crippen LogP contribution is 2.32. The molecule has 2 aromatic rings. The second-order valence-corrected chi connectivity index (χ2v) is 5.61. The maximum Gasteiger partial charge on any atom is 0.273 e. The largest absolute Gasteiger partial charge is 0.364 e. The van der Waals surface area contributed by atoms with E-state index in [2.05, 4.69) is 15.0 Å². The van der Waals surface area contributed by atoms with Crippen LogP contribution in [0.1, 0.15) is 28.5 Å². The molecule has 7 heteroatoms. The van der Waals surface area contributed by atoms with Gasteiger partial charge in [-0.1, -0.05) is 28.9 Å². The summed E-state index contributed by atoms with van der Waals surface area (Å²) in [4.78, 5) is 25.8. The molecule has 0 spiro atoms. The Balaban J connectivity index is 1.83. The van der Waals surface area contributed by atoms with E-state index >= 15 is 0 Å². The van der Waals surface area contributed by atoms with Crippen LogP contribution in [0.2, 0.25) is 5.02 Å². The van der Waals surface area contributed by atoms with Gasteiger partial charge in [0.15, 0.2) is 5.69 Å². The zero-order chi connectivity index (χ0) is 15.7. The summed E-state index contributed by atoms with van der Waals surface area (Å²) in [5.74, 6) is -0.383. The number of likely N-dealkylation sites (tertiary alicyclic amines) is 1. The lowest BCUT2D eigenvalue weighted by Gasteiger charge is -2.25. The molecule has 2 heterocycles. The molecule has 1 N–H and O–H groups in total. The third-order valence-corrected chi connectivity index (χ3v) is 4.04. The lowest BCUT2D eigenvalue weighted by Crippen LogP contribution is -2.39. The minimum Gasteiger partial charge on any atom is -0.364 e. The van der Waals surface area contributed by atoms with Gasteiger partial charge in [0.25, 0.3) is 5.91 Å². The van der Waals surface area contributed by atoms with Crippen LogP contribution >= 0.6 is 11.6 Å². The third kappa shape index (κ3) is 2.69. The molecule has 0 aliphatic carbocycles. The van der Waals surface area contributed by atoms with Crippen molar-refractivity contribution in [2.75, 3.05) is 7.05 Å². The van der Waals surface area contributed by atoms with Crippen molar-refractivity contribution >= 4 is 23.4 Å². The smallest absolute Gasteiger partial charge is 0.273 e. The first kappa shape index (κ1) is 14.6. The highest BCUT2D eigenvalue weighted by Gasteiger charge is 2.39. The monoisotopic (exact) mass is 319 g/mol. The highest BCUT2D eigenvalue weighted by atomic mass is 35.5. The van der Waals surface area contributed by atoms with E-state index in [-0.39, 0.29) is 36.0 Å². The number of carbonyl (C=O) groups is 2. The van der Waals surface area contributed by atoms with E-state index in [1.165, 1.54) is 12.3 Å². The number of nitrogens with zero attached hydrogens (tertiary/aromatic N) is 2. The Labute approximate surface area is 132 Å². The highest BCUT2D eigenvalue weighted by molar-refractivity contribution is 6.30. The topological polar surface area (TPSA) is 75.4 Å². The summed E-state index contributed by atoms with van der Waals surface area (Å²) < 4.78 is 4.66. The number of hydrogen-bond donors (Lipinski definition) is 1. The standard InChI is InChI=1S/C15H14ClN3O3/c1-19-13(20)8-12(17-15(21)11-6-7-22-18-11)14(19)9-2-4-10(16)5-3-9/h2-7,12,14H,8H2,1H3,(H,17,21)/t12-,14+/m0/s1. The number of benzene rings is 1. The van der Waals surface area contributed by atoms with Crippen LogP contribution in [0.5, 0.6) is 0 Å². The quantitative estimate of drug-likeness (QED) is 0.939. The fourth-order valence-electron chi connectivity index (χ4n) is 2.69. The van der Waals surface area contributed by atoms with Crippen LogP contribution in [-0.4, -0.2) is 35.0 Å². The predicted molar refractivity (Wildman–Crippen MR) is 79.3 cm³/mol. The van der Waals surface area contributed by atoms with Gasteiger partial charge < -0.3 is 14.7 Å². The van der Waals surface area contributed by atoms with Gasteiger partial charge in [-0.05, 0) is 17.7 Å². The summed E-state index contributed by atoms with van der Waals surface area (Å²) in [7, 11) is 1.73. The Hall–Kier alpha value is -2.34. The molecule has 1 aromatic carbocycles. The van der Waals surface area contributed by atoms with E-state index in [0.717, 1.165) is 5.56 Å². The zero-order valence-electron chi connectivity index (χ0n) is 11.8. The minimum atomic E-state index is -0.360. The van der Waals surface area contributed by atoms with Crippen molar-refractivity contribution in [1.82, 2.24) is 15.4 Å². The van der Waals surface area contributed by atoms with Gasteiger partial charge >= 0.3 is 0 Å². The molecule has 1 aromatic heterocycles. The van der Waals surface area contributed by atoms with E-state index < -0.39 is 0 Å². The summed E-state index contributed by atoms with van der Waals surface area (Å²) in [6.45, 7) is 0. The van der Waals surface area contributed by atoms with Crippen LogP contribution in [0.4, 0.5) is 0 Å². The average Bonchev–Trinajstić information content (AvgIpc) is 3.11. The molecule has 22 heavy (non-hydrogen) atoms. The molecular weight excluding hydrogens is 306 g/mol. The number of nitrogens with one attached hydrogen (secondary N) is 1. The lowest BCUT2D eigenvalue weighted by atomic mass is 10.00. The first-order chi connectivity index (χ1) is 10.6. The summed E-state index contributed by atoms with van der Waals surface area (Å²) in [5, 5.41) is 7.07. The Morgan fingerprint density at radius 3 is 2.73 bits per heavy atom. The number of hydrogen-bond acceptors (Lipinski definition) is 4. The van der Waals surface area contributed by atoms with E-state index in [1.807, 2.05) is 12.1 Å². The normalized spacial score (nSPS) is 21.2. The van der Waals surface area contributed by atoms with Crippen molar-refractivity contribution in [1.29, 1.82) is 0 Å². The van der Waals surface area contributed by atoms with Gasteiger partial charge in [-0.15, -0.1) is 0 Å². The Bertz CT molecular complexity index is 685. The van der Waals surface area contributed by atoms with Crippen LogP contribution in [-0.2, 0) is 4.79 Å². The van der Waals surface area contributed by atoms with Gasteiger partial charge in [0.1, 0.15) is 6.26 Å². The number of rotatable bonds is 3. The van der Waals surface area contributed by atoms with Gasteiger partial charge in [-0.3, -0.25) is 9.59 Å². The van der Waals surface area contributed by atoms with Crippen molar-refractivity contribution in [2.45, 2.75) is 18.5 Å². The van der Waals surface area contributed by atoms with Crippen LogP contribution in [0, 0.1) is 0 Å². The first-order valence-electron chi connectivity index (χ1n) is 6.78. The molecule has 3 rings (SSSR count). The van der Waals surface area contributed by atoms with Crippen molar-refractivity contribution in [3.63, 3.8) is 0 Å². The van der Waals surface area contributed by atoms with Gasteiger partial charge in [-0.2, -0.15) is 0 Å². The van der Waals surface area contributed by atoms with E-state index in [1.54, 1.807) is 24.1 Å². The molecule has 0 saturated carbocycles.